The second-order valence-corrected chi connectivity index (χ2v) is 7.02. The third kappa shape index (κ3) is 4.40. The average Bonchev–Trinajstić information content (AvgIpc) is 3.29. The highest BCUT2D eigenvalue weighted by molar-refractivity contribution is 7.15. The lowest BCUT2D eigenvalue weighted by Gasteiger charge is -2.07. The van der Waals surface area contributed by atoms with Crippen LogP contribution in [-0.4, -0.2) is 33.7 Å². The highest BCUT2D eigenvalue weighted by Crippen LogP contribution is 2.23. The van der Waals surface area contributed by atoms with Crippen LogP contribution in [0.15, 0.2) is 53.9 Å². The molecule has 6 nitrogen and oxygen atoms in total. The summed E-state index contributed by atoms with van der Waals surface area (Å²) in [6, 6.07) is 11.8. The molecule has 4 rings (SSSR count). The number of nitrogens with zero attached hydrogens (tertiary/aromatic N) is 3. The number of ether oxygens (including phenoxy) is 1. The van der Waals surface area contributed by atoms with Crippen LogP contribution >= 0.6 is 11.3 Å². The first-order chi connectivity index (χ1) is 14.1. The number of nitrogens with one attached hydrogen (secondary N) is 1. The molecule has 2 aromatic carbocycles. The number of hydrogen-bond donors (Lipinski definition) is 1. The van der Waals surface area contributed by atoms with E-state index in [4.69, 9.17) is 4.74 Å². The Balaban J connectivity index is 1.33. The molecule has 0 fully saturated rings. The minimum atomic E-state index is -0.374. The summed E-state index contributed by atoms with van der Waals surface area (Å²) < 4.78 is 33.8. The second-order valence-electron chi connectivity index (χ2n) is 6.18. The summed E-state index contributed by atoms with van der Waals surface area (Å²) in [4.78, 5) is 16.9. The summed E-state index contributed by atoms with van der Waals surface area (Å²) in [7, 11) is 0. The van der Waals surface area contributed by atoms with Crippen molar-refractivity contribution < 1.29 is 18.3 Å². The zero-order valence-corrected chi connectivity index (χ0v) is 16.0. The summed E-state index contributed by atoms with van der Waals surface area (Å²) >= 11 is 1.40. The lowest BCUT2D eigenvalue weighted by Crippen LogP contribution is -2.30. The highest BCUT2D eigenvalue weighted by atomic mass is 32.1. The molecule has 9 heteroatoms. The Hall–Kier alpha value is -3.33. The molecule has 0 saturated heterocycles. The highest BCUT2D eigenvalue weighted by Gasteiger charge is 2.14. The van der Waals surface area contributed by atoms with Crippen molar-refractivity contribution in [3.63, 3.8) is 0 Å². The standard InChI is InChI=1S/C20H16F2N4O2S/c21-13-5-7-15(8-6-13)28-11-18(27)23-10-9-14-12-29-20-24-19(25-26(14)20)16-3-1-2-4-17(16)22/h1-8,12H,9-11H2,(H,23,27). The van der Waals surface area contributed by atoms with E-state index >= 15 is 0 Å². The first-order valence-corrected chi connectivity index (χ1v) is 9.71. The van der Waals surface area contributed by atoms with Crippen LogP contribution in [-0.2, 0) is 11.2 Å². The molecule has 0 aliphatic heterocycles. The van der Waals surface area contributed by atoms with Crippen LogP contribution in [0.3, 0.4) is 0 Å². The van der Waals surface area contributed by atoms with E-state index in [1.165, 1.54) is 41.7 Å². The number of thiazole rings is 1. The van der Waals surface area contributed by atoms with Gasteiger partial charge in [0, 0.05) is 18.3 Å². The molecule has 0 atom stereocenters. The van der Waals surface area contributed by atoms with Gasteiger partial charge in [-0.15, -0.1) is 16.4 Å². The monoisotopic (exact) mass is 414 g/mol. The molecule has 1 amide bonds. The minimum absolute atomic E-state index is 0.161. The maximum absolute atomic E-state index is 14.0. The van der Waals surface area contributed by atoms with Crippen LogP contribution in [0.5, 0.6) is 5.75 Å². The molecule has 0 spiro atoms. The van der Waals surface area contributed by atoms with E-state index in [0.717, 1.165) is 5.69 Å². The van der Waals surface area contributed by atoms with Gasteiger partial charge in [0.25, 0.3) is 5.91 Å². The van der Waals surface area contributed by atoms with E-state index in [0.29, 0.717) is 35.1 Å². The molecular weight excluding hydrogens is 398 g/mol. The smallest absolute Gasteiger partial charge is 0.257 e. The molecule has 1 N–H and O–H groups in total. The molecule has 0 unspecified atom stereocenters. The summed E-state index contributed by atoms with van der Waals surface area (Å²) in [6.07, 6.45) is 0.530. The van der Waals surface area contributed by atoms with Crippen LogP contribution in [0, 0.1) is 11.6 Å². The third-order valence-electron chi connectivity index (χ3n) is 4.15. The van der Waals surface area contributed by atoms with Crippen LogP contribution in [0.2, 0.25) is 0 Å². The van der Waals surface area contributed by atoms with E-state index in [9.17, 15) is 13.6 Å². The number of rotatable bonds is 7. The molecule has 0 aliphatic rings. The predicted molar refractivity (Wildman–Crippen MR) is 105 cm³/mol. The van der Waals surface area contributed by atoms with E-state index in [1.807, 2.05) is 5.38 Å². The molecule has 0 aliphatic carbocycles. The van der Waals surface area contributed by atoms with Crippen molar-refractivity contribution in [1.29, 1.82) is 0 Å². The maximum atomic E-state index is 14.0. The Kier molecular flexibility index (Phi) is 5.48. The Morgan fingerprint density at radius 2 is 1.93 bits per heavy atom. The largest absolute Gasteiger partial charge is 0.484 e. The molecule has 4 aromatic rings. The van der Waals surface area contributed by atoms with E-state index in [2.05, 4.69) is 15.4 Å². The molecule has 2 aromatic heterocycles. The first-order valence-electron chi connectivity index (χ1n) is 8.83. The lowest BCUT2D eigenvalue weighted by molar-refractivity contribution is -0.123. The van der Waals surface area contributed by atoms with Gasteiger partial charge in [0.1, 0.15) is 17.4 Å². The van der Waals surface area contributed by atoms with Crippen molar-refractivity contribution in [2.75, 3.05) is 13.2 Å². The fraction of sp³-hybridized carbons (Fsp3) is 0.150. The number of benzene rings is 2. The average molecular weight is 414 g/mol. The number of halogens is 2. The van der Waals surface area contributed by atoms with Gasteiger partial charge in [0.05, 0.1) is 11.3 Å². The lowest BCUT2D eigenvalue weighted by atomic mass is 10.2. The van der Waals surface area contributed by atoms with Gasteiger partial charge in [0.2, 0.25) is 4.96 Å². The predicted octanol–water partition coefficient (Wildman–Crippen LogP) is 3.47. The molecule has 0 bridgehead atoms. The van der Waals surface area contributed by atoms with Crippen molar-refractivity contribution >= 4 is 22.2 Å². The molecule has 0 radical (unpaired) electrons. The minimum Gasteiger partial charge on any atom is -0.484 e. The molecule has 2 heterocycles. The van der Waals surface area contributed by atoms with E-state index < -0.39 is 0 Å². The fourth-order valence-corrected chi connectivity index (χ4v) is 3.57. The van der Waals surface area contributed by atoms with Crippen LogP contribution < -0.4 is 10.1 Å². The number of amides is 1. The summed E-state index contributed by atoms with van der Waals surface area (Å²) in [5.74, 6) is -0.278. The van der Waals surface area contributed by atoms with Crippen molar-refractivity contribution in [2.24, 2.45) is 0 Å². The zero-order valence-electron chi connectivity index (χ0n) is 15.1. The number of aromatic nitrogens is 3. The first kappa shape index (κ1) is 19.0. The van der Waals surface area contributed by atoms with Gasteiger partial charge in [-0.2, -0.15) is 4.98 Å². The Morgan fingerprint density at radius 3 is 2.72 bits per heavy atom. The Morgan fingerprint density at radius 1 is 1.14 bits per heavy atom. The van der Waals surface area contributed by atoms with E-state index in [1.54, 1.807) is 22.7 Å². The van der Waals surface area contributed by atoms with Gasteiger partial charge in [-0.1, -0.05) is 12.1 Å². The van der Waals surface area contributed by atoms with Gasteiger partial charge in [-0.3, -0.25) is 4.79 Å². The zero-order chi connectivity index (χ0) is 20.2. The van der Waals surface area contributed by atoms with Crippen molar-refractivity contribution in [2.45, 2.75) is 6.42 Å². The van der Waals surface area contributed by atoms with Gasteiger partial charge in [-0.05, 0) is 36.4 Å². The van der Waals surface area contributed by atoms with Crippen molar-refractivity contribution in [3.05, 3.63) is 71.2 Å². The quantitative estimate of drug-likeness (QED) is 0.503. The van der Waals surface area contributed by atoms with Gasteiger partial charge < -0.3 is 10.1 Å². The Labute approximate surface area is 168 Å². The van der Waals surface area contributed by atoms with Crippen molar-refractivity contribution in [3.8, 4) is 17.1 Å². The van der Waals surface area contributed by atoms with Gasteiger partial charge >= 0.3 is 0 Å². The van der Waals surface area contributed by atoms with E-state index in [-0.39, 0.29) is 24.1 Å². The number of fused-ring (bicyclic) bond motifs is 1. The maximum Gasteiger partial charge on any atom is 0.257 e. The third-order valence-corrected chi connectivity index (χ3v) is 5.02. The Bertz CT molecular complexity index is 1140. The summed E-state index contributed by atoms with van der Waals surface area (Å²) in [5.41, 5.74) is 1.21. The molecular formula is C20H16F2N4O2S. The van der Waals surface area contributed by atoms with Gasteiger partial charge in [-0.25, -0.2) is 13.3 Å². The SMILES string of the molecule is O=C(COc1ccc(F)cc1)NCCc1csc2nc(-c3ccccc3F)nn12. The van der Waals surface area contributed by atoms with Crippen LogP contribution in [0.1, 0.15) is 5.69 Å². The van der Waals surface area contributed by atoms with Crippen LogP contribution in [0.4, 0.5) is 8.78 Å². The van der Waals surface area contributed by atoms with Crippen LogP contribution in [0.25, 0.3) is 16.3 Å². The number of carbonyl (C=O) groups excluding carboxylic acids is 1. The fourth-order valence-electron chi connectivity index (χ4n) is 2.71. The van der Waals surface area contributed by atoms with Gasteiger partial charge in [0.15, 0.2) is 12.4 Å². The summed E-state index contributed by atoms with van der Waals surface area (Å²) in [6.45, 7) is 0.220. The molecule has 0 saturated carbocycles. The molecule has 29 heavy (non-hydrogen) atoms. The van der Waals surface area contributed by atoms with Crippen molar-refractivity contribution in [1.82, 2.24) is 19.9 Å². The number of carbonyl (C=O) groups is 1. The summed E-state index contributed by atoms with van der Waals surface area (Å²) in [5, 5.41) is 9.06. The number of hydrogen-bond acceptors (Lipinski definition) is 5. The molecule has 148 valence electrons. The topological polar surface area (TPSA) is 68.5 Å². The second kappa shape index (κ2) is 8.36. The normalized spacial score (nSPS) is 11.0.